The number of carbonyl (C=O) groups is 1. The summed E-state index contributed by atoms with van der Waals surface area (Å²) in [6.07, 6.45) is 0. The average molecular weight is 484 g/mol. The first-order valence-corrected chi connectivity index (χ1v) is 11.0. The highest BCUT2D eigenvalue weighted by Gasteiger charge is 2.32. The van der Waals surface area contributed by atoms with Crippen LogP contribution in [0.3, 0.4) is 0 Å². The Morgan fingerprint density at radius 3 is 2.45 bits per heavy atom. The van der Waals surface area contributed by atoms with E-state index in [1.165, 1.54) is 4.90 Å². The third-order valence-electron chi connectivity index (χ3n) is 4.85. The first-order chi connectivity index (χ1) is 13.8. The number of aromatic amines is 1. The standard InChI is InChI=1S/C19H16BrF2N3O3S/c20-13-2-1-12-9-17(23-16(12)10-13)19(26)24-5-7-25(8-6-24)29(27,28)18-11-14(21)3-4-15(18)22/h1-4,9-11,23H,5-8H2. The maximum absolute atomic E-state index is 13.9. The molecule has 0 bridgehead atoms. The highest BCUT2D eigenvalue weighted by molar-refractivity contribution is 9.10. The minimum absolute atomic E-state index is 0.00416. The average Bonchev–Trinajstić information content (AvgIpc) is 3.12. The zero-order valence-corrected chi connectivity index (χ0v) is 17.4. The van der Waals surface area contributed by atoms with Gasteiger partial charge in [0.1, 0.15) is 22.2 Å². The van der Waals surface area contributed by atoms with E-state index in [0.29, 0.717) is 11.8 Å². The minimum atomic E-state index is -4.19. The highest BCUT2D eigenvalue weighted by atomic mass is 79.9. The van der Waals surface area contributed by atoms with Gasteiger partial charge in [-0.1, -0.05) is 22.0 Å². The molecule has 6 nitrogen and oxygen atoms in total. The lowest BCUT2D eigenvalue weighted by Gasteiger charge is -2.33. The van der Waals surface area contributed by atoms with Crippen LogP contribution in [-0.4, -0.2) is 54.7 Å². The second-order valence-electron chi connectivity index (χ2n) is 6.69. The van der Waals surface area contributed by atoms with E-state index in [2.05, 4.69) is 20.9 Å². The molecule has 1 amide bonds. The number of fused-ring (bicyclic) bond motifs is 1. The van der Waals surface area contributed by atoms with Gasteiger partial charge in [-0.2, -0.15) is 4.31 Å². The SMILES string of the molecule is O=C(c1cc2ccc(Br)cc2[nH]1)N1CCN(S(=O)(=O)c2cc(F)ccc2F)CC1. The molecule has 152 valence electrons. The van der Waals surface area contributed by atoms with Crippen molar-refractivity contribution in [2.24, 2.45) is 0 Å². The number of carbonyl (C=O) groups excluding carboxylic acids is 1. The summed E-state index contributed by atoms with van der Waals surface area (Å²) in [5.41, 5.74) is 1.22. The molecular weight excluding hydrogens is 468 g/mol. The molecule has 29 heavy (non-hydrogen) atoms. The van der Waals surface area contributed by atoms with E-state index in [0.717, 1.165) is 31.8 Å². The van der Waals surface area contributed by atoms with Crippen molar-refractivity contribution < 1.29 is 22.0 Å². The van der Waals surface area contributed by atoms with Crippen molar-refractivity contribution in [1.82, 2.24) is 14.2 Å². The van der Waals surface area contributed by atoms with Crippen LogP contribution in [0.2, 0.25) is 0 Å². The number of rotatable bonds is 3. The maximum Gasteiger partial charge on any atom is 0.270 e. The number of benzene rings is 2. The molecular formula is C19H16BrF2N3O3S. The lowest BCUT2D eigenvalue weighted by atomic mass is 10.2. The summed E-state index contributed by atoms with van der Waals surface area (Å²) in [5, 5.41) is 0.888. The largest absolute Gasteiger partial charge is 0.350 e. The van der Waals surface area contributed by atoms with Gasteiger partial charge in [-0.3, -0.25) is 4.79 Å². The van der Waals surface area contributed by atoms with Crippen molar-refractivity contribution >= 4 is 42.8 Å². The number of hydrogen-bond acceptors (Lipinski definition) is 3. The topological polar surface area (TPSA) is 73.5 Å². The molecule has 2 aromatic carbocycles. The van der Waals surface area contributed by atoms with Gasteiger partial charge in [0.05, 0.1) is 0 Å². The van der Waals surface area contributed by atoms with E-state index in [4.69, 9.17) is 0 Å². The summed E-state index contributed by atoms with van der Waals surface area (Å²) >= 11 is 3.38. The van der Waals surface area contributed by atoms with E-state index in [-0.39, 0.29) is 32.1 Å². The monoisotopic (exact) mass is 483 g/mol. The van der Waals surface area contributed by atoms with Crippen molar-refractivity contribution in [2.75, 3.05) is 26.2 Å². The number of sulfonamides is 1. The lowest BCUT2D eigenvalue weighted by Crippen LogP contribution is -2.50. The van der Waals surface area contributed by atoms with Crippen molar-refractivity contribution in [3.05, 3.63) is 64.3 Å². The van der Waals surface area contributed by atoms with Crippen LogP contribution in [0, 0.1) is 11.6 Å². The number of aromatic nitrogens is 1. The Balaban J connectivity index is 1.49. The Labute approximate surface area is 174 Å². The van der Waals surface area contributed by atoms with Gasteiger partial charge in [-0.25, -0.2) is 17.2 Å². The first kappa shape index (κ1) is 20.0. The normalized spacial score (nSPS) is 15.8. The molecule has 1 saturated heterocycles. The number of hydrogen-bond donors (Lipinski definition) is 1. The number of nitrogens with one attached hydrogen (secondary N) is 1. The minimum Gasteiger partial charge on any atom is -0.350 e. The molecule has 1 fully saturated rings. The second-order valence-corrected chi connectivity index (χ2v) is 9.51. The molecule has 1 aromatic heterocycles. The van der Waals surface area contributed by atoms with Gasteiger partial charge in [-0.05, 0) is 36.4 Å². The quantitative estimate of drug-likeness (QED) is 0.620. The first-order valence-electron chi connectivity index (χ1n) is 8.78. The molecule has 0 radical (unpaired) electrons. The summed E-state index contributed by atoms with van der Waals surface area (Å²) in [7, 11) is -4.19. The smallest absolute Gasteiger partial charge is 0.270 e. The molecule has 4 rings (SSSR count). The van der Waals surface area contributed by atoms with E-state index >= 15 is 0 Å². The predicted molar refractivity (Wildman–Crippen MR) is 107 cm³/mol. The van der Waals surface area contributed by atoms with Crippen LogP contribution in [0.15, 0.2) is 51.8 Å². The van der Waals surface area contributed by atoms with Gasteiger partial charge < -0.3 is 9.88 Å². The summed E-state index contributed by atoms with van der Waals surface area (Å²) in [5.74, 6) is -2.08. The van der Waals surface area contributed by atoms with Crippen LogP contribution in [0.5, 0.6) is 0 Å². The van der Waals surface area contributed by atoms with Gasteiger partial charge in [0.15, 0.2) is 0 Å². The second kappa shape index (κ2) is 7.51. The summed E-state index contributed by atoms with van der Waals surface area (Å²) < 4.78 is 54.6. The predicted octanol–water partition coefficient (Wildman–Crippen LogP) is 3.36. The van der Waals surface area contributed by atoms with Crippen LogP contribution in [0.25, 0.3) is 10.9 Å². The van der Waals surface area contributed by atoms with E-state index < -0.39 is 26.6 Å². The molecule has 0 saturated carbocycles. The highest BCUT2D eigenvalue weighted by Crippen LogP contribution is 2.24. The van der Waals surface area contributed by atoms with Crippen LogP contribution in [0.1, 0.15) is 10.5 Å². The van der Waals surface area contributed by atoms with Gasteiger partial charge in [0.25, 0.3) is 5.91 Å². The zero-order valence-electron chi connectivity index (χ0n) is 15.0. The third-order valence-corrected chi connectivity index (χ3v) is 7.26. The fraction of sp³-hybridized carbons (Fsp3) is 0.211. The molecule has 10 heteroatoms. The Morgan fingerprint density at radius 1 is 1.00 bits per heavy atom. The Bertz CT molecular complexity index is 1200. The van der Waals surface area contributed by atoms with Gasteiger partial charge in [0, 0.05) is 41.6 Å². The fourth-order valence-corrected chi connectivity index (χ4v) is 5.19. The van der Waals surface area contributed by atoms with Crippen LogP contribution < -0.4 is 0 Å². The van der Waals surface area contributed by atoms with Crippen molar-refractivity contribution in [3.63, 3.8) is 0 Å². The van der Waals surface area contributed by atoms with Crippen molar-refractivity contribution in [2.45, 2.75) is 4.90 Å². The molecule has 1 aliphatic rings. The number of nitrogens with zero attached hydrogens (tertiary/aromatic N) is 2. The number of halogens is 3. The van der Waals surface area contributed by atoms with Crippen molar-refractivity contribution in [3.8, 4) is 0 Å². The molecule has 0 unspecified atom stereocenters. The zero-order chi connectivity index (χ0) is 20.8. The third kappa shape index (κ3) is 3.79. The Morgan fingerprint density at radius 2 is 1.72 bits per heavy atom. The summed E-state index contributed by atoms with van der Waals surface area (Å²) in [6.45, 7) is 0.285. The van der Waals surface area contributed by atoms with Gasteiger partial charge in [0.2, 0.25) is 10.0 Å². The molecule has 0 spiro atoms. The fourth-order valence-electron chi connectivity index (χ4n) is 3.33. The Kier molecular flexibility index (Phi) is 5.18. The number of piperazine rings is 1. The van der Waals surface area contributed by atoms with E-state index in [1.807, 2.05) is 18.2 Å². The molecule has 1 aliphatic heterocycles. The molecule has 0 aliphatic carbocycles. The number of amides is 1. The maximum atomic E-state index is 13.9. The Hall–Kier alpha value is -2.30. The molecule has 0 atom stereocenters. The van der Waals surface area contributed by atoms with Crippen LogP contribution in [0.4, 0.5) is 8.78 Å². The van der Waals surface area contributed by atoms with Crippen LogP contribution in [-0.2, 0) is 10.0 Å². The van der Waals surface area contributed by atoms with E-state index in [9.17, 15) is 22.0 Å². The van der Waals surface area contributed by atoms with Crippen LogP contribution >= 0.6 is 15.9 Å². The summed E-state index contributed by atoms with van der Waals surface area (Å²) in [6, 6.07) is 9.69. The summed E-state index contributed by atoms with van der Waals surface area (Å²) in [4.78, 5) is 16.7. The number of H-pyrrole nitrogens is 1. The van der Waals surface area contributed by atoms with Gasteiger partial charge in [-0.15, -0.1) is 0 Å². The van der Waals surface area contributed by atoms with Gasteiger partial charge >= 0.3 is 0 Å². The lowest BCUT2D eigenvalue weighted by molar-refractivity contribution is 0.0693. The van der Waals surface area contributed by atoms with E-state index in [1.54, 1.807) is 6.07 Å². The molecule has 2 heterocycles. The molecule has 1 N–H and O–H groups in total. The van der Waals surface area contributed by atoms with Crippen molar-refractivity contribution in [1.29, 1.82) is 0 Å². The molecule has 3 aromatic rings.